The Kier molecular flexibility index (Phi) is 4.77. The summed E-state index contributed by atoms with van der Waals surface area (Å²) in [6, 6.07) is 3.91. The number of aliphatic hydroxyl groups is 1. The van der Waals surface area contributed by atoms with Crippen LogP contribution < -0.4 is 5.32 Å². The van der Waals surface area contributed by atoms with Gasteiger partial charge >= 0.3 is 0 Å². The Balaban J connectivity index is 1.86. The number of benzene rings is 1. The van der Waals surface area contributed by atoms with Gasteiger partial charge in [-0.2, -0.15) is 0 Å². The molecule has 0 radical (unpaired) electrons. The van der Waals surface area contributed by atoms with Crippen LogP contribution in [-0.2, 0) is 6.54 Å². The molecule has 0 saturated heterocycles. The average molecular weight is 267 g/mol. The van der Waals surface area contributed by atoms with Crippen LogP contribution in [0.5, 0.6) is 5.75 Å². The fourth-order valence-corrected chi connectivity index (χ4v) is 2.69. The van der Waals surface area contributed by atoms with E-state index in [1.165, 1.54) is 31.0 Å². The summed E-state index contributed by atoms with van der Waals surface area (Å²) in [5.74, 6) is -0.274. The van der Waals surface area contributed by atoms with Crippen LogP contribution in [0.3, 0.4) is 0 Å². The van der Waals surface area contributed by atoms with Crippen molar-refractivity contribution in [3.63, 3.8) is 0 Å². The van der Waals surface area contributed by atoms with Gasteiger partial charge in [0.15, 0.2) is 0 Å². The van der Waals surface area contributed by atoms with Crippen molar-refractivity contribution in [2.24, 2.45) is 0 Å². The minimum absolute atomic E-state index is 0.0850. The van der Waals surface area contributed by atoms with Crippen LogP contribution in [0.1, 0.15) is 44.1 Å². The van der Waals surface area contributed by atoms with Gasteiger partial charge in [-0.15, -0.1) is 0 Å². The van der Waals surface area contributed by atoms with E-state index in [1.807, 2.05) is 0 Å². The SMILES string of the molecule is Oc1ccc(F)cc1CNCC1(O)CCCCCC1. The molecule has 4 heteroatoms. The molecular formula is C15H22FNO2. The predicted octanol–water partition coefficient (Wildman–Crippen LogP) is 2.71. The molecule has 0 atom stereocenters. The smallest absolute Gasteiger partial charge is 0.123 e. The molecule has 0 aromatic heterocycles. The van der Waals surface area contributed by atoms with Crippen LogP contribution in [-0.4, -0.2) is 22.4 Å². The van der Waals surface area contributed by atoms with Crippen LogP contribution in [0, 0.1) is 5.82 Å². The average Bonchev–Trinajstić information content (AvgIpc) is 2.59. The first-order valence-electron chi connectivity index (χ1n) is 7.00. The van der Waals surface area contributed by atoms with Crippen molar-refractivity contribution in [2.45, 2.75) is 50.7 Å². The maximum Gasteiger partial charge on any atom is 0.123 e. The first kappa shape index (κ1) is 14.3. The summed E-state index contributed by atoms with van der Waals surface area (Å²) >= 11 is 0. The highest BCUT2D eigenvalue weighted by Gasteiger charge is 2.27. The molecule has 1 fully saturated rings. The highest BCUT2D eigenvalue weighted by atomic mass is 19.1. The van der Waals surface area contributed by atoms with Crippen molar-refractivity contribution in [2.75, 3.05) is 6.54 Å². The van der Waals surface area contributed by atoms with Crippen LogP contribution in [0.15, 0.2) is 18.2 Å². The normalized spacial score (nSPS) is 19.1. The molecule has 0 amide bonds. The van der Waals surface area contributed by atoms with E-state index in [9.17, 15) is 14.6 Å². The second kappa shape index (κ2) is 6.35. The summed E-state index contributed by atoms with van der Waals surface area (Å²) in [7, 11) is 0. The summed E-state index contributed by atoms with van der Waals surface area (Å²) in [6.45, 7) is 0.856. The molecule has 0 unspecified atom stereocenters. The molecule has 1 aromatic carbocycles. The van der Waals surface area contributed by atoms with Gasteiger partial charge < -0.3 is 15.5 Å². The highest BCUT2D eigenvalue weighted by Crippen LogP contribution is 2.26. The van der Waals surface area contributed by atoms with E-state index in [2.05, 4.69) is 5.32 Å². The molecule has 1 aliphatic carbocycles. The van der Waals surface area contributed by atoms with Crippen LogP contribution in [0.2, 0.25) is 0 Å². The van der Waals surface area contributed by atoms with Crippen molar-refractivity contribution < 1.29 is 14.6 Å². The fourth-order valence-electron chi connectivity index (χ4n) is 2.69. The second-order valence-electron chi connectivity index (χ2n) is 5.52. The summed E-state index contributed by atoms with van der Waals surface area (Å²) < 4.78 is 13.1. The van der Waals surface area contributed by atoms with Crippen molar-refractivity contribution in [3.8, 4) is 5.75 Å². The summed E-state index contributed by atoms with van der Waals surface area (Å²) in [4.78, 5) is 0. The van der Waals surface area contributed by atoms with E-state index < -0.39 is 5.60 Å². The Morgan fingerprint density at radius 2 is 1.84 bits per heavy atom. The Hall–Kier alpha value is -1.13. The van der Waals surface area contributed by atoms with E-state index in [0.29, 0.717) is 18.7 Å². The van der Waals surface area contributed by atoms with Gasteiger partial charge in [0.25, 0.3) is 0 Å². The maximum atomic E-state index is 13.1. The topological polar surface area (TPSA) is 52.5 Å². The van der Waals surface area contributed by atoms with Gasteiger partial charge in [0, 0.05) is 18.7 Å². The number of hydrogen-bond acceptors (Lipinski definition) is 3. The number of phenols is 1. The number of hydrogen-bond donors (Lipinski definition) is 3. The Morgan fingerprint density at radius 3 is 2.53 bits per heavy atom. The van der Waals surface area contributed by atoms with Gasteiger partial charge in [-0.25, -0.2) is 4.39 Å². The third kappa shape index (κ3) is 4.18. The Morgan fingerprint density at radius 1 is 1.16 bits per heavy atom. The molecule has 0 spiro atoms. The van der Waals surface area contributed by atoms with Crippen LogP contribution in [0.25, 0.3) is 0 Å². The molecule has 3 N–H and O–H groups in total. The fraction of sp³-hybridized carbons (Fsp3) is 0.600. The third-order valence-corrected chi connectivity index (χ3v) is 3.85. The van der Waals surface area contributed by atoms with E-state index in [1.54, 1.807) is 0 Å². The molecule has 1 aromatic rings. The molecule has 0 heterocycles. The minimum Gasteiger partial charge on any atom is -0.508 e. The second-order valence-corrected chi connectivity index (χ2v) is 5.52. The van der Waals surface area contributed by atoms with Crippen LogP contribution >= 0.6 is 0 Å². The van der Waals surface area contributed by atoms with Gasteiger partial charge in [0.05, 0.1) is 5.60 Å². The Bertz CT molecular complexity index is 415. The zero-order valence-electron chi connectivity index (χ0n) is 11.2. The first-order valence-corrected chi connectivity index (χ1v) is 7.00. The van der Waals surface area contributed by atoms with Crippen LogP contribution in [0.4, 0.5) is 4.39 Å². The van der Waals surface area contributed by atoms with Crippen molar-refractivity contribution in [1.29, 1.82) is 0 Å². The molecule has 1 aliphatic rings. The lowest BCUT2D eigenvalue weighted by atomic mass is 9.94. The largest absolute Gasteiger partial charge is 0.508 e. The molecule has 0 bridgehead atoms. The van der Waals surface area contributed by atoms with Gasteiger partial charge in [-0.3, -0.25) is 0 Å². The van der Waals surface area contributed by atoms with Gasteiger partial charge in [-0.05, 0) is 31.0 Å². The lowest BCUT2D eigenvalue weighted by molar-refractivity contribution is 0.0250. The quantitative estimate of drug-likeness (QED) is 0.735. The number of nitrogens with one attached hydrogen (secondary N) is 1. The van der Waals surface area contributed by atoms with Gasteiger partial charge in [-0.1, -0.05) is 25.7 Å². The van der Waals surface area contributed by atoms with Crippen molar-refractivity contribution in [1.82, 2.24) is 5.32 Å². The molecular weight excluding hydrogens is 245 g/mol. The maximum absolute atomic E-state index is 13.1. The zero-order chi connectivity index (χ0) is 13.7. The van der Waals surface area contributed by atoms with E-state index in [-0.39, 0.29) is 11.6 Å². The van der Waals surface area contributed by atoms with E-state index >= 15 is 0 Å². The Labute approximate surface area is 113 Å². The minimum atomic E-state index is -0.653. The summed E-state index contributed by atoms with van der Waals surface area (Å²) in [5, 5.41) is 23.2. The lowest BCUT2D eigenvalue weighted by Gasteiger charge is -2.27. The molecule has 0 aliphatic heterocycles. The molecule has 19 heavy (non-hydrogen) atoms. The lowest BCUT2D eigenvalue weighted by Crippen LogP contribution is -2.39. The number of phenolic OH excluding ortho intramolecular Hbond substituents is 1. The molecule has 1 saturated carbocycles. The molecule has 106 valence electrons. The standard InChI is InChI=1S/C15H22FNO2/c16-13-5-6-14(18)12(9-13)10-17-11-15(19)7-3-1-2-4-8-15/h5-6,9,17-19H,1-4,7-8,10-11H2. The van der Waals surface area contributed by atoms with E-state index in [0.717, 1.165) is 25.7 Å². The predicted molar refractivity (Wildman–Crippen MR) is 72.4 cm³/mol. The molecule has 3 nitrogen and oxygen atoms in total. The number of rotatable bonds is 4. The number of aromatic hydroxyl groups is 1. The number of halogens is 1. The molecule has 2 rings (SSSR count). The summed E-state index contributed by atoms with van der Waals surface area (Å²) in [5.41, 5.74) is -0.128. The van der Waals surface area contributed by atoms with E-state index in [4.69, 9.17) is 0 Å². The highest BCUT2D eigenvalue weighted by molar-refractivity contribution is 5.32. The third-order valence-electron chi connectivity index (χ3n) is 3.85. The first-order chi connectivity index (χ1) is 9.09. The zero-order valence-corrected chi connectivity index (χ0v) is 11.2. The summed E-state index contributed by atoms with van der Waals surface area (Å²) in [6.07, 6.45) is 6.12. The monoisotopic (exact) mass is 267 g/mol. The van der Waals surface area contributed by atoms with Gasteiger partial charge in [0.1, 0.15) is 11.6 Å². The van der Waals surface area contributed by atoms with Crippen molar-refractivity contribution >= 4 is 0 Å². The van der Waals surface area contributed by atoms with Gasteiger partial charge in [0.2, 0.25) is 0 Å². The van der Waals surface area contributed by atoms with Crippen molar-refractivity contribution in [3.05, 3.63) is 29.6 Å².